The highest BCUT2D eigenvalue weighted by molar-refractivity contribution is 5.25. The Bertz CT molecular complexity index is 857. The molecule has 5 fully saturated rings. The van der Waals surface area contributed by atoms with E-state index in [-0.39, 0.29) is 16.9 Å². The molecule has 0 spiro atoms. The van der Waals surface area contributed by atoms with E-state index in [0.717, 1.165) is 31.6 Å². The maximum Gasteiger partial charge on any atom is 0.0915 e. The van der Waals surface area contributed by atoms with Crippen molar-refractivity contribution in [3.8, 4) is 0 Å². The van der Waals surface area contributed by atoms with Crippen molar-refractivity contribution in [1.29, 1.82) is 0 Å². The van der Waals surface area contributed by atoms with E-state index in [1.165, 1.54) is 44.1 Å². The van der Waals surface area contributed by atoms with Gasteiger partial charge in [-0.3, -0.25) is 0 Å². The van der Waals surface area contributed by atoms with Gasteiger partial charge in [-0.15, -0.1) is 0 Å². The van der Waals surface area contributed by atoms with Crippen molar-refractivity contribution >= 4 is 0 Å². The largest absolute Gasteiger partial charge is 0.512 e. The van der Waals surface area contributed by atoms with Gasteiger partial charge in [0.15, 0.2) is 0 Å². The Labute approximate surface area is 203 Å². The predicted molar refractivity (Wildman–Crippen MR) is 137 cm³/mol. The number of fused-ring (bicyclic) bond motifs is 7. The highest BCUT2D eigenvalue weighted by Gasteiger charge is 2.71. The number of aliphatic hydroxyl groups is 2. The predicted octanol–water partition coefficient (Wildman–Crippen LogP) is 8.08. The summed E-state index contributed by atoms with van der Waals surface area (Å²) >= 11 is 0. The Morgan fingerprint density at radius 1 is 0.758 bits per heavy atom. The van der Waals surface area contributed by atoms with Gasteiger partial charge in [0.2, 0.25) is 0 Å². The van der Waals surface area contributed by atoms with Crippen molar-refractivity contribution in [3.05, 3.63) is 24.5 Å². The molecule has 5 saturated carbocycles. The minimum absolute atomic E-state index is 0.0128. The first kappa shape index (κ1) is 24.0. The summed E-state index contributed by atoms with van der Waals surface area (Å²) in [5.74, 6) is 3.47. The second-order valence-electron chi connectivity index (χ2n) is 14.7. The molecular formula is C31H50O2. The lowest BCUT2D eigenvalue weighted by atomic mass is 9.32. The Kier molecular flexibility index (Phi) is 5.19. The molecule has 0 radical (unpaired) electrons. The van der Waals surface area contributed by atoms with Crippen molar-refractivity contribution in [3.63, 3.8) is 0 Å². The van der Waals surface area contributed by atoms with Crippen LogP contribution in [0.1, 0.15) is 106 Å². The van der Waals surface area contributed by atoms with Gasteiger partial charge in [-0.25, -0.2) is 0 Å². The minimum atomic E-state index is -0.160. The molecule has 0 aliphatic heterocycles. The summed E-state index contributed by atoms with van der Waals surface area (Å²) in [6.45, 7) is 23.4. The molecule has 2 N–H and O–H groups in total. The zero-order valence-corrected chi connectivity index (χ0v) is 22.3. The van der Waals surface area contributed by atoms with Crippen LogP contribution in [0.3, 0.4) is 0 Å². The van der Waals surface area contributed by atoms with Crippen LogP contribution in [0.5, 0.6) is 0 Å². The summed E-state index contributed by atoms with van der Waals surface area (Å²) in [6.07, 6.45) is 11.7. The second kappa shape index (κ2) is 7.14. The summed E-state index contributed by atoms with van der Waals surface area (Å²) < 4.78 is 0. The zero-order valence-electron chi connectivity index (χ0n) is 22.3. The lowest BCUT2D eigenvalue weighted by Crippen LogP contribution is -2.66. The van der Waals surface area contributed by atoms with Crippen molar-refractivity contribution < 1.29 is 10.2 Å². The van der Waals surface area contributed by atoms with Crippen LogP contribution in [-0.2, 0) is 0 Å². The van der Waals surface area contributed by atoms with E-state index >= 15 is 0 Å². The molecule has 5 rings (SSSR count). The van der Waals surface area contributed by atoms with Crippen molar-refractivity contribution in [2.45, 2.75) is 112 Å². The molecule has 0 bridgehead atoms. The maximum absolute atomic E-state index is 10.9. The van der Waals surface area contributed by atoms with Crippen LogP contribution < -0.4 is 0 Å². The topological polar surface area (TPSA) is 40.5 Å². The molecule has 33 heavy (non-hydrogen) atoms. The van der Waals surface area contributed by atoms with Crippen LogP contribution in [0.4, 0.5) is 0 Å². The molecule has 0 saturated heterocycles. The first-order chi connectivity index (χ1) is 15.3. The first-order valence-electron chi connectivity index (χ1n) is 14.0. The number of allylic oxidation sites excluding steroid dienone is 2. The molecule has 0 aromatic heterocycles. The Morgan fingerprint density at radius 3 is 2.09 bits per heavy atom. The molecule has 5 aliphatic carbocycles. The Morgan fingerprint density at radius 2 is 1.45 bits per heavy atom. The molecule has 4 unspecified atom stereocenters. The fourth-order valence-electron chi connectivity index (χ4n) is 11.6. The van der Waals surface area contributed by atoms with E-state index in [1.54, 1.807) is 0 Å². The fourth-order valence-corrected chi connectivity index (χ4v) is 11.6. The first-order valence-corrected chi connectivity index (χ1v) is 14.0. The molecule has 5 aliphatic rings. The van der Waals surface area contributed by atoms with Gasteiger partial charge in [-0.2, -0.15) is 0 Å². The minimum Gasteiger partial charge on any atom is -0.512 e. The van der Waals surface area contributed by atoms with E-state index in [4.69, 9.17) is 0 Å². The number of aliphatic hydroxyl groups excluding tert-OH is 2. The standard InChI is InChI=1S/C31H50O2/c1-19(2)21-11-16-31(20(3)32)18-17-29(7)22(26(21)31)9-10-24-28(6)14-13-25(33)27(4,5)23(28)12-15-30(24,29)8/h21-26,32-33H,1,3,9-18H2,2,4-8H3/t21-,22?,23?,24?,25-,26?,28-,29+,30+,31+/m0/s1. The maximum atomic E-state index is 10.9. The smallest absolute Gasteiger partial charge is 0.0915 e. The summed E-state index contributed by atoms with van der Waals surface area (Å²) in [6, 6.07) is 0. The number of hydrogen-bond donors (Lipinski definition) is 2. The highest BCUT2D eigenvalue weighted by atomic mass is 16.3. The monoisotopic (exact) mass is 454 g/mol. The van der Waals surface area contributed by atoms with Gasteiger partial charge >= 0.3 is 0 Å². The molecule has 0 aromatic carbocycles. The third-order valence-corrected chi connectivity index (χ3v) is 13.6. The molecule has 0 amide bonds. The summed E-state index contributed by atoms with van der Waals surface area (Å²) in [7, 11) is 0. The van der Waals surface area contributed by atoms with Crippen LogP contribution in [0.2, 0.25) is 0 Å². The molecule has 0 aromatic rings. The zero-order chi connectivity index (χ0) is 24.2. The van der Waals surface area contributed by atoms with Crippen molar-refractivity contribution in [1.82, 2.24) is 0 Å². The van der Waals surface area contributed by atoms with Gasteiger partial charge in [0.1, 0.15) is 0 Å². The average molecular weight is 455 g/mol. The fraction of sp³-hybridized carbons (Fsp3) is 0.871. The van der Waals surface area contributed by atoms with Gasteiger partial charge < -0.3 is 10.2 Å². The van der Waals surface area contributed by atoms with E-state index < -0.39 is 0 Å². The van der Waals surface area contributed by atoms with E-state index in [9.17, 15) is 10.2 Å². The van der Waals surface area contributed by atoms with Crippen LogP contribution in [0.25, 0.3) is 0 Å². The third kappa shape index (κ3) is 2.77. The molecule has 2 nitrogen and oxygen atoms in total. The molecule has 2 heteroatoms. The number of hydrogen-bond acceptors (Lipinski definition) is 2. The summed E-state index contributed by atoms with van der Waals surface area (Å²) in [5, 5.41) is 21.9. The SMILES string of the molecule is C=C(C)[C@@H]1CC[C@]2(C(=C)O)CC[C@]3(C)C(CCC4[C@@]5(C)CC[C@H](O)C(C)(C)C5CC[C@]43C)C12. The van der Waals surface area contributed by atoms with Crippen LogP contribution in [0, 0.1) is 56.7 Å². The third-order valence-electron chi connectivity index (χ3n) is 13.6. The Balaban J connectivity index is 1.57. The average Bonchev–Trinajstić information content (AvgIpc) is 3.13. The van der Waals surface area contributed by atoms with Gasteiger partial charge in [-0.05, 0) is 122 Å². The Hall–Kier alpha value is -0.760. The van der Waals surface area contributed by atoms with Gasteiger partial charge in [0.05, 0.1) is 11.9 Å². The molecule has 10 atom stereocenters. The molecule has 0 heterocycles. The quantitative estimate of drug-likeness (QED) is 0.327. The summed E-state index contributed by atoms with van der Waals surface area (Å²) in [4.78, 5) is 0. The molecular weight excluding hydrogens is 404 g/mol. The van der Waals surface area contributed by atoms with Crippen molar-refractivity contribution in [2.24, 2.45) is 56.7 Å². The van der Waals surface area contributed by atoms with Gasteiger partial charge in [0.25, 0.3) is 0 Å². The second-order valence-corrected chi connectivity index (χ2v) is 14.7. The van der Waals surface area contributed by atoms with E-state index in [2.05, 4.69) is 54.7 Å². The van der Waals surface area contributed by atoms with Gasteiger partial charge in [-0.1, -0.05) is 53.3 Å². The van der Waals surface area contributed by atoms with Crippen LogP contribution in [0.15, 0.2) is 24.5 Å². The van der Waals surface area contributed by atoms with E-state index in [1.807, 2.05) is 0 Å². The van der Waals surface area contributed by atoms with E-state index in [0.29, 0.717) is 45.7 Å². The lowest BCUT2D eigenvalue weighted by Gasteiger charge is -2.73. The number of rotatable bonds is 2. The summed E-state index contributed by atoms with van der Waals surface area (Å²) in [5.41, 5.74) is 2.19. The molecule has 186 valence electrons. The van der Waals surface area contributed by atoms with Gasteiger partial charge in [0, 0.05) is 5.41 Å². The normalized spacial score (nSPS) is 55.0. The highest BCUT2D eigenvalue weighted by Crippen LogP contribution is 2.78. The van der Waals surface area contributed by atoms with Crippen molar-refractivity contribution in [2.75, 3.05) is 0 Å². The van der Waals surface area contributed by atoms with Crippen LogP contribution >= 0.6 is 0 Å². The lowest BCUT2D eigenvalue weighted by molar-refractivity contribution is -0.246. The van der Waals surface area contributed by atoms with Crippen LogP contribution in [-0.4, -0.2) is 16.3 Å².